The van der Waals surface area contributed by atoms with Crippen LogP contribution in [0.25, 0.3) is 0 Å². The number of hydrogen-bond donors (Lipinski definition) is 2. The van der Waals surface area contributed by atoms with Crippen LogP contribution in [-0.2, 0) is 0 Å². The lowest BCUT2D eigenvalue weighted by atomic mass is 10.2. The van der Waals surface area contributed by atoms with Gasteiger partial charge in [-0.3, -0.25) is 0 Å². The van der Waals surface area contributed by atoms with Crippen LogP contribution in [-0.4, -0.2) is 23.8 Å². The molecule has 1 rings (SSSR count). The van der Waals surface area contributed by atoms with E-state index in [-0.39, 0.29) is 6.61 Å². The van der Waals surface area contributed by atoms with Gasteiger partial charge in [-0.1, -0.05) is 11.8 Å². The maximum atomic E-state index is 8.55. The SMILES string of the molecule is COc1ncc(N)cc1C#CCCO. The van der Waals surface area contributed by atoms with Gasteiger partial charge in [0.2, 0.25) is 5.88 Å². The molecule has 0 aromatic carbocycles. The van der Waals surface area contributed by atoms with Gasteiger partial charge in [0.05, 0.1) is 31.2 Å². The summed E-state index contributed by atoms with van der Waals surface area (Å²) in [5.74, 6) is 6.05. The number of nitrogens with zero attached hydrogens (tertiary/aromatic N) is 1. The van der Waals surface area contributed by atoms with Gasteiger partial charge in [-0.15, -0.1) is 0 Å². The quantitative estimate of drug-likeness (QED) is 0.666. The smallest absolute Gasteiger partial charge is 0.229 e. The van der Waals surface area contributed by atoms with Crippen molar-refractivity contribution in [2.45, 2.75) is 6.42 Å². The Labute approximate surface area is 82.7 Å². The minimum atomic E-state index is 0.0467. The van der Waals surface area contributed by atoms with Crippen molar-refractivity contribution in [2.75, 3.05) is 19.5 Å². The largest absolute Gasteiger partial charge is 0.480 e. The lowest BCUT2D eigenvalue weighted by Crippen LogP contribution is -1.94. The van der Waals surface area contributed by atoms with Gasteiger partial charge in [0.1, 0.15) is 0 Å². The third kappa shape index (κ3) is 2.64. The molecule has 0 amide bonds. The zero-order valence-electron chi connectivity index (χ0n) is 7.95. The Morgan fingerprint density at radius 2 is 2.43 bits per heavy atom. The maximum absolute atomic E-state index is 8.55. The number of hydrogen-bond acceptors (Lipinski definition) is 4. The molecule has 1 aromatic rings. The Balaban J connectivity index is 2.94. The fraction of sp³-hybridized carbons (Fsp3) is 0.300. The van der Waals surface area contributed by atoms with E-state index >= 15 is 0 Å². The number of methoxy groups -OCH3 is 1. The highest BCUT2D eigenvalue weighted by Gasteiger charge is 2.00. The standard InChI is InChI=1S/C10H12N2O2/c1-14-10-8(4-2-3-5-13)6-9(11)7-12-10/h6-7,13H,3,5,11H2,1H3. The molecule has 0 aliphatic carbocycles. The molecular formula is C10H12N2O2. The van der Waals surface area contributed by atoms with Crippen LogP contribution in [0.15, 0.2) is 12.3 Å². The van der Waals surface area contributed by atoms with Crippen molar-refractivity contribution in [2.24, 2.45) is 0 Å². The molecule has 1 heterocycles. The molecule has 0 saturated carbocycles. The first kappa shape index (κ1) is 10.4. The van der Waals surface area contributed by atoms with Gasteiger partial charge < -0.3 is 15.6 Å². The van der Waals surface area contributed by atoms with E-state index in [9.17, 15) is 0 Å². The van der Waals surface area contributed by atoms with Crippen LogP contribution in [0.4, 0.5) is 5.69 Å². The first-order valence-electron chi connectivity index (χ1n) is 4.17. The van der Waals surface area contributed by atoms with Crippen molar-refractivity contribution >= 4 is 5.69 Å². The number of ether oxygens (including phenoxy) is 1. The highest BCUT2D eigenvalue weighted by atomic mass is 16.5. The molecule has 0 saturated heterocycles. The average Bonchev–Trinajstić information content (AvgIpc) is 2.19. The Morgan fingerprint density at radius 1 is 1.64 bits per heavy atom. The summed E-state index contributed by atoms with van der Waals surface area (Å²) in [6, 6.07) is 1.69. The molecule has 0 aliphatic heterocycles. The second kappa shape index (κ2) is 5.10. The minimum Gasteiger partial charge on any atom is -0.480 e. The molecular weight excluding hydrogens is 180 g/mol. The maximum Gasteiger partial charge on any atom is 0.229 e. The molecule has 0 aliphatic rings. The van der Waals surface area contributed by atoms with Gasteiger partial charge >= 0.3 is 0 Å². The Hall–Kier alpha value is -1.73. The fourth-order valence-corrected chi connectivity index (χ4v) is 0.934. The lowest BCUT2D eigenvalue weighted by molar-refractivity contribution is 0.305. The topological polar surface area (TPSA) is 68.4 Å². The Morgan fingerprint density at radius 3 is 3.07 bits per heavy atom. The number of aromatic nitrogens is 1. The second-order valence-electron chi connectivity index (χ2n) is 2.60. The highest BCUT2D eigenvalue weighted by molar-refractivity contribution is 5.50. The summed E-state index contributed by atoms with van der Waals surface area (Å²) in [4.78, 5) is 3.96. The predicted molar refractivity (Wildman–Crippen MR) is 53.8 cm³/mol. The third-order valence-electron chi connectivity index (χ3n) is 1.53. The fourth-order valence-electron chi connectivity index (χ4n) is 0.934. The molecule has 0 radical (unpaired) electrons. The first-order chi connectivity index (χ1) is 6.77. The van der Waals surface area contributed by atoms with Crippen LogP contribution < -0.4 is 10.5 Å². The van der Waals surface area contributed by atoms with E-state index in [1.165, 1.54) is 13.3 Å². The molecule has 3 N–H and O–H groups in total. The summed E-state index contributed by atoms with van der Waals surface area (Å²) in [6.45, 7) is 0.0467. The van der Waals surface area contributed by atoms with Crippen molar-refractivity contribution in [3.63, 3.8) is 0 Å². The summed E-state index contributed by atoms with van der Waals surface area (Å²) in [5, 5.41) is 8.55. The summed E-state index contributed by atoms with van der Waals surface area (Å²) >= 11 is 0. The summed E-state index contributed by atoms with van der Waals surface area (Å²) < 4.78 is 5.00. The van der Waals surface area contributed by atoms with E-state index < -0.39 is 0 Å². The number of aliphatic hydroxyl groups excluding tert-OH is 1. The van der Waals surface area contributed by atoms with E-state index in [1.807, 2.05) is 0 Å². The molecule has 0 bridgehead atoms. The number of nitrogen functional groups attached to an aromatic ring is 1. The van der Waals surface area contributed by atoms with E-state index in [0.717, 1.165) is 0 Å². The molecule has 0 spiro atoms. The highest BCUT2D eigenvalue weighted by Crippen LogP contribution is 2.15. The Kier molecular flexibility index (Phi) is 3.77. The van der Waals surface area contributed by atoms with Crippen molar-refractivity contribution in [3.8, 4) is 17.7 Å². The van der Waals surface area contributed by atoms with Crippen LogP contribution in [0, 0.1) is 11.8 Å². The average molecular weight is 192 g/mol. The monoisotopic (exact) mass is 192 g/mol. The van der Waals surface area contributed by atoms with Crippen LogP contribution >= 0.6 is 0 Å². The van der Waals surface area contributed by atoms with Crippen molar-refractivity contribution in [3.05, 3.63) is 17.8 Å². The minimum absolute atomic E-state index is 0.0467. The Bertz CT molecular complexity index is 366. The lowest BCUT2D eigenvalue weighted by Gasteiger charge is -2.01. The van der Waals surface area contributed by atoms with E-state index in [2.05, 4.69) is 16.8 Å². The van der Waals surface area contributed by atoms with Gasteiger partial charge in [-0.25, -0.2) is 4.98 Å². The molecule has 0 fully saturated rings. The van der Waals surface area contributed by atoms with Gasteiger partial charge in [0, 0.05) is 6.42 Å². The number of pyridine rings is 1. The molecule has 1 aromatic heterocycles. The molecule has 4 heteroatoms. The summed E-state index contributed by atoms with van der Waals surface area (Å²) in [7, 11) is 1.52. The molecule has 4 nitrogen and oxygen atoms in total. The predicted octanol–water partition coefficient (Wildman–Crippen LogP) is 0.406. The van der Waals surface area contributed by atoms with Crippen molar-refractivity contribution in [1.82, 2.24) is 4.98 Å². The van der Waals surface area contributed by atoms with Crippen LogP contribution in [0.3, 0.4) is 0 Å². The third-order valence-corrected chi connectivity index (χ3v) is 1.53. The van der Waals surface area contributed by atoms with Crippen LogP contribution in [0.1, 0.15) is 12.0 Å². The van der Waals surface area contributed by atoms with Gasteiger partial charge in [0.25, 0.3) is 0 Å². The normalized spacial score (nSPS) is 9.00. The molecule has 0 atom stereocenters. The van der Waals surface area contributed by atoms with Crippen molar-refractivity contribution in [1.29, 1.82) is 0 Å². The second-order valence-corrected chi connectivity index (χ2v) is 2.60. The van der Waals surface area contributed by atoms with Gasteiger partial charge in [-0.2, -0.15) is 0 Å². The number of aliphatic hydroxyl groups is 1. The van der Waals surface area contributed by atoms with E-state index in [4.69, 9.17) is 15.6 Å². The van der Waals surface area contributed by atoms with E-state index in [0.29, 0.717) is 23.6 Å². The van der Waals surface area contributed by atoms with Crippen LogP contribution in [0.2, 0.25) is 0 Å². The van der Waals surface area contributed by atoms with Gasteiger partial charge in [0.15, 0.2) is 0 Å². The van der Waals surface area contributed by atoms with E-state index in [1.54, 1.807) is 6.07 Å². The zero-order chi connectivity index (χ0) is 10.4. The number of rotatable bonds is 2. The van der Waals surface area contributed by atoms with Crippen molar-refractivity contribution < 1.29 is 9.84 Å². The number of nitrogens with two attached hydrogens (primary N) is 1. The molecule has 14 heavy (non-hydrogen) atoms. The molecule has 74 valence electrons. The first-order valence-corrected chi connectivity index (χ1v) is 4.17. The summed E-state index contributed by atoms with van der Waals surface area (Å²) in [5.41, 5.74) is 6.73. The van der Waals surface area contributed by atoms with Gasteiger partial charge in [-0.05, 0) is 6.07 Å². The zero-order valence-corrected chi connectivity index (χ0v) is 7.95. The number of anilines is 1. The van der Waals surface area contributed by atoms with Crippen LogP contribution in [0.5, 0.6) is 5.88 Å². The molecule has 0 unspecified atom stereocenters. The summed E-state index contributed by atoms with van der Waals surface area (Å²) in [6.07, 6.45) is 1.94.